The van der Waals surface area contributed by atoms with E-state index in [0.29, 0.717) is 12.8 Å². The lowest BCUT2D eigenvalue weighted by atomic mass is 10.2. The molecule has 0 N–H and O–H groups in total. The van der Waals surface area contributed by atoms with Crippen LogP contribution in [0.1, 0.15) is 30.0 Å². The molecule has 0 aliphatic carbocycles. The minimum absolute atomic E-state index is 0.133. The van der Waals surface area contributed by atoms with Crippen molar-refractivity contribution in [1.82, 2.24) is 4.90 Å². The van der Waals surface area contributed by atoms with Crippen molar-refractivity contribution < 1.29 is 9.21 Å². The first-order valence-electron chi connectivity index (χ1n) is 6.00. The molecule has 2 heterocycles. The first-order chi connectivity index (χ1) is 8.68. The van der Waals surface area contributed by atoms with Crippen LogP contribution in [0.15, 0.2) is 40.3 Å². The number of carbonyl (C=O) groups excluding carboxylic acids is 1. The summed E-state index contributed by atoms with van der Waals surface area (Å²) in [6, 6.07) is 7.95. The molecule has 0 aliphatic heterocycles. The second kappa shape index (κ2) is 5.87. The molecule has 0 aromatic carbocycles. The van der Waals surface area contributed by atoms with Crippen LogP contribution in [0.4, 0.5) is 0 Å². The van der Waals surface area contributed by atoms with E-state index >= 15 is 0 Å². The van der Waals surface area contributed by atoms with Crippen LogP contribution in [0, 0.1) is 0 Å². The zero-order valence-electron chi connectivity index (χ0n) is 10.6. The summed E-state index contributed by atoms with van der Waals surface area (Å²) < 4.78 is 5.23. The van der Waals surface area contributed by atoms with E-state index in [4.69, 9.17) is 4.42 Å². The summed E-state index contributed by atoms with van der Waals surface area (Å²) in [7, 11) is 1.86. The van der Waals surface area contributed by atoms with Gasteiger partial charge in [0.15, 0.2) is 0 Å². The van der Waals surface area contributed by atoms with Gasteiger partial charge in [-0.15, -0.1) is 11.3 Å². The molecule has 3 nitrogen and oxygen atoms in total. The van der Waals surface area contributed by atoms with E-state index < -0.39 is 0 Å². The van der Waals surface area contributed by atoms with E-state index in [1.54, 1.807) is 22.5 Å². The summed E-state index contributed by atoms with van der Waals surface area (Å²) in [4.78, 5) is 15.1. The van der Waals surface area contributed by atoms with Crippen LogP contribution in [0.25, 0.3) is 0 Å². The maximum absolute atomic E-state index is 12.1. The van der Waals surface area contributed by atoms with E-state index in [-0.39, 0.29) is 11.9 Å². The highest BCUT2D eigenvalue weighted by Crippen LogP contribution is 2.24. The van der Waals surface area contributed by atoms with Crippen molar-refractivity contribution in [2.75, 3.05) is 7.05 Å². The highest BCUT2D eigenvalue weighted by molar-refractivity contribution is 7.10. The summed E-state index contributed by atoms with van der Waals surface area (Å²) in [5.41, 5.74) is 0. The minimum Gasteiger partial charge on any atom is -0.469 e. The molecular formula is C14H17NO2S. The third-order valence-electron chi connectivity index (χ3n) is 3.09. The van der Waals surface area contributed by atoms with Gasteiger partial charge in [-0.05, 0) is 30.5 Å². The molecule has 2 aromatic rings. The average molecular weight is 263 g/mol. The summed E-state index contributed by atoms with van der Waals surface area (Å²) >= 11 is 1.68. The van der Waals surface area contributed by atoms with E-state index in [0.717, 1.165) is 5.76 Å². The van der Waals surface area contributed by atoms with Crippen LogP contribution in [0.5, 0.6) is 0 Å². The summed E-state index contributed by atoms with van der Waals surface area (Å²) in [6.45, 7) is 2.05. The third-order valence-corrected chi connectivity index (χ3v) is 4.14. The van der Waals surface area contributed by atoms with Gasteiger partial charge in [-0.1, -0.05) is 6.07 Å². The summed E-state index contributed by atoms with van der Waals surface area (Å²) in [5.74, 6) is 1.01. The van der Waals surface area contributed by atoms with Crippen LogP contribution in [-0.4, -0.2) is 17.9 Å². The molecule has 1 amide bonds. The number of furan rings is 1. The van der Waals surface area contributed by atoms with Gasteiger partial charge in [0.25, 0.3) is 0 Å². The molecule has 0 unspecified atom stereocenters. The molecule has 2 aromatic heterocycles. The summed E-state index contributed by atoms with van der Waals surface area (Å²) in [6.07, 6.45) is 2.78. The van der Waals surface area contributed by atoms with Crippen LogP contribution in [0.3, 0.4) is 0 Å². The molecule has 1 atom stereocenters. The van der Waals surface area contributed by atoms with E-state index in [9.17, 15) is 4.79 Å². The number of hydrogen-bond acceptors (Lipinski definition) is 3. The number of thiophene rings is 1. The van der Waals surface area contributed by atoms with E-state index in [1.807, 2.05) is 30.6 Å². The minimum atomic E-state index is 0.133. The summed E-state index contributed by atoms with van der Waals surface area (Å²) in [5, 5.41) is 2.03. The average Bonchev–Trinajstić information content (AvgIpc) is 3.06. The van der Waals surface area contributed by atoms with Gasteiger partial charge in [0.05, 0.1) is 12.3 Å². The fourth-order valence-corrected chi connectivity index (χ4v) is 2.62. The molecule has 0 spiro atoms. The van der Waals surface area contributed by atoms with E-state index in [2.05, 4.69) is 13.0 Å². The third kappa shape index (κ3) is 3.01. The van der Waals surface area contributed by atoms with Crippen molar-refractivity contribution in [2.45, 2.75) is 25.8 Å². The smallest absolute Gasteiger partial charge is 0.223 e. The van der Waals surface area contributed by atoms with Crippen molar-refractivity contribution in [3.63, 3.8) is 0 Å². The Morgan fingerprint density at radius 3 is 2.89 bits per heavy atom. The predicted octanol–water partition coefficient (Wildman–Crippen LogP) is 3.49. The second-order valence-electron chi connectivity index (χ2n) is 4.28. The van der Waals surface area contributed by atoms with Crippen LogP contribution < -0.4 is 0 Å². The molecule has 0 saturated carbocycles. The Morgan fingerprint density at radius 2 is 2.28 bits per heavy atom. The Balaban J connectivity index is 1.88. The van der Waals surface area contributed by atoms with Crippen molar-refractivity contribution in [1.29, 1.82) is 0 Å². The maximum Gasteiger partial charge on any atom is 0.223 e. The van der Waals surface area contributed by atoms with E-state index in [1.165, 1.54) is 4.88 Å². The zero-order valence-corrected chi connectivity index (χ0v) is 11.4. The molecule has 0 saturated heterocycles. The second-order valence-corrected chi connectivity index (χ2v) is 5.25. The van der Waals surface area contributed by atoms with Gasteiger partial charge in [-0.25, -0.2) is 0 Å². The highest BCUT2D eigenvalue weighted by Gasteiger charge is 2.18. The van der Waals surface area contributed by atoms with Crippen LogP contribution in [-0.2, 0) is 11.2 Å². The van der Waals surface area contributed by atoms with Gasteiger partial charge >= 0.3 is 0 Å². The Labute approximate surface area is 111 Å². The Morgan fingerprint density at radius 1 is 1.44 bits per heavy atom. The number of hydrogen-bond donors (Lipinski definition) is 0. The molecule has 2 rings (SSSR count). The normalized spacial score (nSPS) is 12.3. The lowest BCUT2D eigenvalue weighted by Gasteiger charge is -2.24. The lowest BCUT2D eigenvalue weighted by Crippen LogP contribution is -2.29. The van der Waals surface area contributed by atoms with Gasteiger partial charge in [0, 0.05) is 24.8 Å². The molecule has 0 fully saturated rings. The van der Waals surface area contributed by atoms with Gasteiger partial charge in [-0.2, -0.15) is 0 Å². The van der Waals surface area contributed by atoms with Crippen LogP contribution >= 0.6 is 11.3 Å². The first kappa shape index (κ1) is 12.9. The number of rotatable bonds is 5. The first-order valence-corrected chi connectivity index (χ1v) is 6.88. The lowest BCUT2D eigenvalue weighted by molar-refractivity contribution is -0.131. The molecular weight excluding hydrogens is 246 g/mol. The number of aryl methyl sites for hydroxylation is 1. The standard InChI is InChI=1S/C14H17NO2S/c1-11(13-6-4-10-18-13)15(2)14(16)8-7-12-5-3-9-17-12/h3-6,9-11H,7-8H2,1-2H3/t11-/m1/s1. The van der Waals surface area contributed by atoms with Crippen LogP contribution in [0.2, 0.25) is 0 Å². The Bertz CT molecular complexity index is 476. The van der Waals surface area contributed by atoms with Crippen molar-refractivity contribution in [2.24, 2.45) is 0 Å². The Kier molecular flexibility index (Phi) is 4.20. The SMILES string of the molecule is C[C@H](c1cccs1)N(C)C(=O)CCc1ccco1. The molecule has 0 radical (unpaired) electrons. The van der Waals surface area contributed by atoms with Crippen molar-refractivity contribution in [3.8, 4) is 0 Å². The quantitative estimate of drug-likeness (QED) is 0.827. The number of amides is 1. The molecule has 18 heavy (non-hydrogen) atoms. The van der Waals surface area contributed by atoms with Crippen molar-refractivity contribution in [3.05, 3.63) is 46.5 Å². The fraction of sp³-hybridized carbons (Fsp3) is 0.357. The van der Waals surface area contributed by atoms with Gasteiger partial charge in [0.1, 0.15) is 5.76 Å². The molecule has 4 heteroatoms. The number of carbonyl (C=O) groups is 1. The largest absolute Gasteiger partial charge is 0.469 e. The fourth-order valence-electron chi connectivity index (χ4n) is 1.80. The highest BCUT2D eigenvalue weighted by atomic mass is 32.1. The monoisotopic (exact) mass is 263 g/mol. The van der Waals surface area contributed by atoms with Gasteiger partial charge in [0.2, 0.25) is 5.91 Å². The molecule has 0 aliphatic rings. The topological polar surface area (TPSA) is 33.5 Å². The molecule has 0 bridgehead atoms. The number of nitrogens with zero attached hydrogens (tertiary/aromatic N) is 1. The molecule has 96 valence electrons. The Hall–Kier alpha value is -1.55. The van der Waals surface area contributed by atoms with Gasteiger partial charge < -0.3 is 9.32 Å². The maximum atomic E-state index is 12.1. The predicted molar refractivity (Wildman–Crippen MR) is 72.5 cm³/mol. The van der Waals surface area contributed by atoms with Gasteiger partial charge in [-0.3, -0.25) is 4.79 Å². The zero-order chi connectivity index (χ0) is 13.0. The van der Waals surface area contributed by atoms with Crippen molar-refractivity contribution >= 4 is 17.2 Å².